The summed E-state index contributed by atoms with van der Waals surface area (Å²) in [5.41, 5.74) is 0. The molecule has 0 saturated carbocycles. The van der Waals surface area contributed by atoms with E-state index in [1.54, 1.807) is 0 Å². The van der Waals surface area contributed by atoms with Crippen LogP contribution in [0.15, 0.2) is 0 Å². The van der Waals surface area contributed by atoms with Crippen molar-refractivity contribution in [3.63, 3.8) is 0 Å². The normalized spacial score (nSPS) is 0. The van der Waals surface area contributed by atoms with Crippen molar-refractivity contribution in [3.05, 3.63) is 0 Å². The van der Waals surface area contributed by atoms with Crippen molar-refractivity contribution in [1.29, 1.82) is 0 Å². The molecule has 47 valence electrons. The summed E-state index contributed by atoms with van der Waals surface area (Å²) < 4.78 is 0. The maximum absolute atomic E-state index is 0. The number of hydrogen-bond acceptors (Lipinski definition) is 0. The van der Waals surface area contributed by atoms with E-state index in [2.05, 4.69) is 0 Å². The molecule has 1 radical (unpaired) electrons. The first-order valence-electron chi connectivity index (χ1n) is 0. The summed E-state index contributed by atoms with van der Waals surface area (Å²) in [7, 11) is 0. The van der Waals surface area contributed by atoms with Crippen LogP contribution in [-0.4, -0.2) is 21.9 Å². The molecule has 8 N–H and O–H groups in total. The Labute approximate surface area is 60.0 Å². The molecular formula is H8CoO4W. The predicted molar refractivity (Wildman–Crippen MR) is 14.5 cm³/mol. The van der Waals surface area contributed by atoms with Crippen molar-refractivity contribution >= 4 is 0 Å². The van der Waals surface area contributed by atoms with E-state index < -0.39 is 0 Å². The summed E-state index contributed by atoms with van der Waals surface area (Å²) in [5, 5.41) is 0. The zero-order valence-corrected chi connectivity index (χ0v) is 6.72. The minimum absolute atomic E-state index is 0. The summed E-state index contributed by atoms with van der Waals surface area (Å²) in [6.07, 6.45) is 0. The van der Waals surface area contributed by atoms with Gasteiger partial charge in [0.1, 0.15) is 0 Å². The van der Waals surface area contributed by atoms with E-state index in [1.807, 2.05) is 0 Å². The van der Waals surface area contributed by atoms with E-state index in [1.165, 1.54) is 0 Å². The Morgan fingerprint density at radius 1 is 0.500 bits per heavy atom. The molecule has 0 aromatic rings. The second-order valence-electron chi connectivity index (χ2n) is 0. The third-order valence-electron chi connectivity index (χ3n) is 0. The first-order valence-corrected chi connectivity index (χ1v) is 0. The Hall–Kier alpha value is 1.03. The minimum Gasteiger partial charge on any atom is -0.412 e. The summed E-state index contributed by atoms with van der Waals surface area (Å²) in [5.74, 6) is 0. The molecule has 0 aromatic heterocycles. The molecule has 0 aromatic carbocycles. The Bertz CT molecular complexity index is 7.51. The van der Waals surface area contributed by atoms with Gasteiger partial charge in [-0.3, -0.25) is 0 Å². The van der Waals surface area contributed by atoms with Crippen LogP contribution in [0.1, 0.15) is 0 Å². The summed E-state index contributed by atoms with van der Waals surface area (Å²) in [4.78, 5) is 0. The predicted octanol–water partition coefficient (Wildman–Crippen LogP) is -3.30. The summed E-state index contributed by atoms with van der Waals surface area (Å²) in [6.45, 7) is 0. The fourth-order valence-electron chi connectivity index (χ4n) is 0. The minimum atomic E-state index is 0. The van der Waals surface area contributed by atoms with E-state index in [0.29, 0.717) is 0 Å². The first-order chi connectivity index (χ1) is 0. The molecule has 0 rings (SSSR count). The van der Waals surface area contributed by atoms with Crippen molar-refractivity contribution in [3.8, 4) is 0 Å². The second kappa shape index (κ2) is 143. The molecule has 0 atom stereocenters. The van der Waals surface area contributed by atoms with Crippen molar-refractivity contribution in [2.24, 2.45) is 0 Å². The largest absolute Gasteiger partial charge is 0.412 e. The van der Waals surface area contributed by atoms with E-state index in [0.717, 1.165) is 0 Å². The molecule has 4 nitrogen and oxygen atoms in total. The number of hydrogen-bond donors (Lipinski definition) is 0. The summed E-state index contributed by atoms with van der Waals surface area (Å²) in [6, 6.07) is 0. The molecule has 0 amide bonds. The SMILES string of the molecule is O.O.O.O.[Co].[W]. The maximum Gasteiger partial charge on any atom is 0 e. The molecule has 0 fully saturated rings. The molecule has 6 heteroatoms. The zero-order valence-electron chi connectivity index (χ0n) is 2.74. The molecule has 0 aliphatic carbocycles. The van der Waals surface area contributed by atoms with Crippen LogP contribution < -0.4 is 0 Å². The molecule has 0 saturated heterocycles. The second-order valence-corrected chi connectivity index (χ2v) is 0. The van der Waals surface area contributed by atoms with E-state index in [4.69, 9.17) is 0 Å². The summed E-state index contributed by atoms with van der Waals surface area (Å²) >= 11 is 0. The Balaban J connectivity index is 0. The smallest absolute Gasteiger partial charge is 0 e. The van der Waals surface area contributed by atoms with Gasteiger partial charge >= 0.3 is 0 Å². The Kier molecular flexibility index (Phi) is 5700. The fourth-order valence-corrected chi connectivity index (χ4v) is 0. The van der Waals surface area contributed by atoms with Crippen LogP contribution >= 0.6 is 0 Å². The van der Waals surface area contributed by atoms with Gasteiger partial charge in [-0.1, -0.05) is 0 Å². The quantitative estimate of drug-likeness (QED) is 0.444. The van der Waals surface area contributed by atoms with Gasteiger partial charge in [0.05, 0.1) is 0 Å². The van der Waals surface area contributed by atoms with Gasteiger partial charge in [-0.2, -0.15) is 0 Å². The van der Waals surface area contributed by atoms with Crippen LogP contribution in [0.5, 0.6) is 0 Å². The van der Waals surface area contributed by atoms with Gasteiger partial charge in [0, 0.05) is 37.8 Å². The fraction of sp³-hybridized carbons (Fsp3) is 0. The van der Waals surface area contributed by atoms with E-state index >= 15 is 0 Å². The van der Waals surface area contributed by atoms with Crippen LogP contribution in [0.3, 0.4) is 0 Å². The first kappa shape index (κ1) is 239. The maximum atomic E-state index is 0. The third kappa shape index (κ3) is 76.5. The Morgan fingerprint density at radius 3 is 0.500 bits per heavy atom. The van der Waals surface area contributed by atoms with Crippen molar-refractivity contribution in [2.75, 3.05) is 0 Å². The standard InChI is InChI=1S/Co.4H2O.W/h;4*1H2;. The molecule has 0 aliphatic heterocycles. The van der Waals surface area contributed by atoms with Crippen molar-refractivity contribution < 1.29 is 59.7 Å². The van der Waals surface area contributed by atoms with E-state index in [9.17, 15) is 0 Å². The van der Waals surface area contributed by atoms with Crippen LogP contribution in [0.4, 0.5) is 0 Å². The van der Waals surface area contributed by atoms with Crippen molar-refractivity contribution in [2.45, 2.75) is 0 Å². The molecule has 0 aliphatic rings. The van der Waals surface area contributed by atoms with Gasteiger partial charge in [-0.25, -0.2) is 0 Å². The average molecular weight is 315 g/mol. The molecule has 6 heavy (non-hydrogen) atoms. The van der Waals surface area contributed by atoms with Gasteiger partial charge in [-0.15, -0.1) is 0 Å². The average Bonchev–Trinajstić information content (AvgIpc) is 0. The van der Waals surface area contributed by atoms with Crippen LogP contribution in [0, 0.1) is 0 Å². The van der Waals surface area contributed by atoms with Gasteiger partial charge in [-0.05, 0) is 0 Å². The molecule has 0 heterocycles. The topological polar surface area (TPSA) is 126 Å². The van der Waals surface area contributed by atoms with Crippen LogP contribution in [0.25, 0.3) is 0 Å². The van der Waals surface area contributed by atoms with Crippen molar-refractivity contribution in [1.82, 2.24) is 0 Å². The van der Waals surface area contributed by atoms with Gasteiger partial charge < -0.3 is 21.9 Å². The van der Waals surface area contributed by atoms with Crippen LogP contribution in [0.2, 0.25) is 0 Å². The van der Waals surface area contributed by atoms with Crippen LogP contribution in [-0.2, 0) is 37.8 Å². The molecular weight excluding hydrogens is 307 g/mol. The van der Waals surface area contributed by atoms with Gasteiger partial charge in [0.25, 0.3) is 0 Å². The molecule has 0 bridgehead atoms. The monoisotopic (exact) mass is 315 g/mol. The van der Waals surface area contributed by atoms with Gasteiger partial charge in [0.15, 0.2) is 0 Å². The van der Waals surface area contributed by atoms with E-state index in [-0.39, 0.29) is 59.7 Å². The number of rotatable bonds is 0. The molecule has 0 spiro atoms. The molecule has 0 unspecified atom stereocenters. The zero-order chi connectivity index (χ0) is 0. The third-order valence-corrected chi connectivity index (χ3v) is 0. The Morgan fingerprint density at radius 2 is 0.500 bits per heavy atom. The van der Waals surface area contributed by atoms with Gasteiger partial charge in [0.2, 0.25) is 0 Å².